The van der Waals surface area contributed by atoms with Crippen LogP contribution in [0.3, 0.4) is 0 Å². The van der Waals surface area contributed by atoms with E-state index in [4.69, 9.17) is 5.11 Å². The van der Waals surface area contributed by atoms with Gasteiger partial charge in [-0.2, -0.15) is 0 Å². The maximum absolute atomic E-state index is 13.0. The molecule has 2 rings (SSSR count). The number of pyridine rings is 1. The Bertz CT molecular complexity index is 599. The summed E-state index contributed by atoms with van der Waals surface area (Å²) in [4.78, 5) is 15.9. The van der Waals surface area contributed by atoms with Crippen molar-refractivity contribution >= 4 is 16.8 Å². The molecule has 0 saturated heterocycles. The third kappa shape index (κ3) is 3.72. The van der Waals surface area contributed by atoms with Gasteiger partial charge in [0, 0.05) is 11.9 Å². The fourth-order valence-electron chi connectivity index (χ4n) is 1.73. The van der Waals surface area contributed by atoms with Crippen molar-refractivity contribution in [2.24, 2.45) is 0 Å². The lowest BCUT2D eigenvalue weighted by molar-refractivity contribution is -0.120. The second kappa shape index (κ2) is 5.75. The molecule has 0 aliphatic carbocycles. The van der Waals surface area contributed by atoms with E-state index < -0.39 is 6.10 Å². The van der Waals surface area contributed by atoms with Gasteiger partial charge in [-0.15, -0.1) is 0 Å². The van der Waals surface area contributed by atoms with Crippen molar-refractivity contribution in [1.29, 1.82) is 0 Å². The molecule has 19 heavy (non-hydrogen) atoms. The van der Waals surface area contributed by atoms with Crippen LogP contribution in [0.1, 0.15) is 12.6 Å². The van der Waals surface area contributed by atoms with Gasteiger partial charge in [-0.3, -0.25) is 9.78 Å². The number of fused-ring (bicyclic) bond motifs is 1. The van der Waals surface area contributed by atoms with Gasteiger partial charge in [0.15, 0.2) is 0 Å². The van der Waals surface area contributed by atoms with Crippen LogP contribution in [0, 0.1) is 5.82 Å². The Kier molecular flexibility index (Phi) is 4.06. The van der Waals surface area contributed by atoms with Crippen LogP contribution in [0.2, 0.25) is 0 Å². The Labute approximate surface area is 110 Å². The molecule has 2 N–H and O–H groups in total. The van der Waals surface area contributed by atoms with E-state index in [0.717, 1.165) is 0 Å². The minimum absolute atomic E-state index is 0.139. The van der Waals surface area contributed by atoms with Crippen molar-refractivity contribution in [2.75, 3.05) is 6.54 Å². The van der Waals surface area contributed by atoms with Gasteiger partial charge in [0.1, 0.15) is 5.82 Å². The molecular weight excluding hydrogens is 247 g/mol. The number of aliphatic hydroxyl groups excluding tert-OH is 1. The van der Waals surface area contributed by atoms with Crippen molar-refractivity contribution in [2.45, 2.75) is 19.4 Å². The summed E-state index contributed by atoms with van der Waals surface area (Å²) in [6.45, 7) is 1.82. The van der Waals surface area contributed by atoms with Crippen LogP contribution in [-0.4, -0.2) is 28.6 Å². The van der Waals surface area contributed by atoms with Gasteiger partial charge < -0.3 is 10.4 Å². The third-order valence-corrected chi connectivity index (χ3v) is 2.65. The minimum atomic E-state index is -0.573. The van der Waals surface area contributed by atoms with E-state index in [1.165, 1.54) is 12.1 Å². The molecule has 0 spiro atoms. The van der Waals surface area contributed by atoms with E-state index in [9.17, 15) is 9.18 Å². The molecule has 1 aromatic heterocycles. The lowest BCUT2D eigenvalue weighted by Crippen LogP contribution is -2.31. The molecule has 0 bridgehead atoms. The largest absolute Gasteiger partial charge is 0.392 e. The number of carbonyl (C=O) groups excluding carboxylic acids is 1. The smallest absolute Gasteiger partial charge is 0.226 e. The number of nitrogens with zero attached hydrogens (tertiary/aromatic N) is 1. The summed E-state index contributed by atoms with van der Waals surface area (Å²) in [5.74, 6) is -0.508. The predicted octanol–water partition coefficient (Wildman–Crippen LogP) is 1.41. The van der Waals surface area contributed by atoms with Crippen LogP contribution >= 0.6 is 0 Å². The van der Waals surface area contributed by atoms with E-state index in [2.05, 4.69) is 10.3 Å². The van der Waals surface area contributed by atoms with E-state index >= 15 is 0 Å². The van der Waals surface area contributed by atoms with E-state index in [0.29, 0.717) is 16.6 Å². The SMILES string of the molecule is CC(O)CNC(=O)Cc1ccc2cc(F)ccc2n1. The van der Waals surface area contributed by atoms with E-state index in [1.54, 1.807) is 25.1 Å². The molecule has 1 amide bonds. The van der Waals surface area contributed by atoms with Crippen molar-refractivity contribution in [3.63, 3.8) is 0 Å². The average Bonchev–Trinajstić information content (AvgIpc) is 2.36. The first-order chi connectivity index (χ1) is 9.04. The van der Waals surface area contributed by atoms with Gasteiger partial charge in [0.2, 0.25) is 5.91 Å². The monoisotopic (exact) mass is 262 g/mol. The second-order valence-electron chi connectivity index (χ2n) is 4.47. The molecule has 2 aromatic rings. The molecule has 5 heteroatoms. The van der Waals surface area contributed by atoms with Gasteiger partial charge in [-0.25, -0.2) is 4.39 Å². The highest BCUT2D eigenvalue weighted by molar-refractivity contribution is 5.81. The molecule has 0 aliphatic rings. The zero-order chi connectivity index (χ0) is 13.8. The predicted molar refractivity (Wildman–Crippen MR) is 70.1 cm³/mol. The summed E-state index contributed by atoms with van der Waals surface area (Å²) in [7, 11) is 0. The second-order valence-corrected chi connectivity index (χ2v) is 4.47. The molecule has 0 radical (unpaired) electrons. The molecular formula is C14H15FN2O2. The van der Waals surface area contributed by atoms with Gasteiger partial charge in [0.25, 0.3) is 0 Å². The number of amides is 1. The maximum atomic E-state index is 13.0. The molecule has 0 saturated carbocycles. The summed E-state index contributed by atoms with van der Waals surface area (Å²) in [5.41, 5.74) is 1.27. The first-order valence-corrected chi connectivity index (χ1v) is 6.04. The fraction of sp³-hybridized carbons (Fsp3) is 0.286. The third-order valence-electron chi connectivity index (χ3n) is 2.65. The van der Waals surface area contributed by atoms with Gasteiger partial charge >= 0.3 is 0 Å². The molecule has 1 aromatic carbocycles. The number of benzene rings is 1. The Hall–Kier alpha value is -2.01. The number of aliphatic hydroxyl groups is 1. The minimum Gasteiger partial charge on any atom is -0.392 e. The summed E-state index contributed by atoms with van der Waals surface area (Å²) < 4.78 is 13.0. The standard InChI is InChI=1S/C14H15FN2O2/c1-9(18)8-16-14(19)7-12-4-2-10-6-11(15)3-5-13(10)17-12/h2-6,9,18H,7-8H2,1H3,(H,16,19). The zero-order valence-electron chi connectivity index (χ0n) is 10.6. The van der Waals surface area contributed by atoms with Gasteiger partial charge in [-0.1, -0.05) is 6.07 Å². The summed E-state index contributed by atoms with van der Waals surface area (Å²) >= 11 is 0. The van der Waals surface area contributed by atoms with Crippen molar-refractivity contribution in [1.82, 2.24) is 10.3 Å². The summed E-state index contributed by atoms with van der Waals surface area (Å²) in [5, 5.41) is 12.4. The lowest BCUT2D eigenvalue weighted by Gasteiger charge is -2.07. The van der Waals surface area contributed by atoms with Gasteiger partial charge in [0.05, 0.1) is 23.7 Å². The summed E-state index contributed by atoms with van der Waals surface area (Å²) in [6, 6.07) is 7.76. The number of halogens is 1. The van der Waals surface area contributed by atoms with Crippen LogP contribution in [0.4, 0.5) is 4.39 Å². The number of aromatic nitrogens is 1. The van der Waals surface area contributed by atoms with E-state index in [1.807, 2.05) is 0 Å². The number of hydrogen-bond acceptors (Lipinski definition) is 3. The Morgan fingerprint density at radius 3 is 2.95 bits per heavy atom. The van der Waals surface area contributed by atoms with Crippen LogP contribution in [0.5, 0.6) is 0 Å². The molecule has 1 heterocycles. The number of nitrogens with one attached hydrogen (secondary N) is 1. The molecule has 100 valence electrons. The Morgan fingerprint density at radius 2 is 2.21 bits per heavy atom. The molecule has 1 unspecified atom stereocenters. The normalized spacial score (nSPS) is 12.4. The lowest BCUT2D eigenvalue weighted by atomic mass is 10.1. The molecule has 0 aliphatic heterocycles. The van der Waals surface area contributed by atoms with Crippen LogP contribution < -0.4 is 5.32 Å². The van der Waals surface area contributed by atoms with E-state index in [-0.39, 0.29) is 24.7 Å². The number of carbonyl (C=O) groups is 1. The van der Waals surface area contributed by atoms with Crippen LogP contribution in [0.15, 0.2) is 30.3 Å². The average molecular weight is 262 g/mol. The van der Waals surface area contributed by atoms with Gasteiger partial charge in [-0.05, 0) is 31.2 Å². The van der Waals surface area contributed by atoms with Crippen molar-refractivity contribution in [3.8, 4) is 0 Å². The zero-order valence-corrected chi connectivity index (χ0v) is 10.6. The first-order valence-electron chi connectivity index (χ1n) is 6.04. The first kappa shape index (κ1) is 13.4. The highest BCUT2D eigenvalue weighted by Gasteiger charge is 2.06. The highest BCUT2D eigenvalue weighted by atomic mass is 19.1. The summed E-state index contributed by atoms with van der Waals surface area (Å²) in [6.07, 6.45) is -0.434. The topological polar surface area (TPSA) is 62.2 Å². The highest BCUT2D eigenvalue weighted by Crippen LogP contribution is 2.14. The Morgan fingerprint density at radius 1 is 1.42 bits per heavy atom. The van der Waals surface area contributed by atoms with Crippen molar-refractivity contribution < 1.29 is 14.3 Å². The molecule has 4 nitrogen and oxygen atoms in total. The molecule has 1 atom stereocenters. The fourth-order valence-corrected chi connectivity index (χ4v) is 1.73. The maximum Gasteiger partial charge on any atom is 0.226 e. The quantitative estimate of drug-likeness (QED) is 0.875. The van der Waals surface area contributed by atoms with Crippen molar-refractivity contribution in [3.05, 3.63) is 41.8 Å². The molecule has 0 fully saturated rings. The number of hydrogen-bond donors (Lipinski definition) is 2. The Balaban J connectivity index is 2.09. The number of rotatable bonds is 4. The van der Waals surface area contributed by atoms with Crippen LogP contribution in [-0.2, 0) is 11.2 Å². The van der Waals surface area contributed by atoms with Crippen LogP contribution in [0.25, 0.3) is 10.9 Å².